The molecule has 6 nitrogen and oxygen atoms in total. The molecule has 118 valence electrons. The maximum Gasteiger partial charge on any atom is 0.327 e. The van der Waals surface area contributed by atoms with E-state index in [1.165, 1.54) is 11.1 Å². The monoisotopic (exact) mass is 303 g/mol. The Hall–Kier alpha value is -2.37. The van der Waals surface area contributed by atoms with Crippen molar-refractivity contribution in [1.29, 1.82) is 0 Å². The molecule has 0 bridgehead atoms. The minimum atomic E-state index is -0.879. The predicted molar refractivity (Wildman–Crippen MR) is 81.7 cm³/mol. The van der Waals surface area contributed by atoms with Crippen LogP contribution in [0.2, 0.25) is 0 Å². The van der Waals surface area contributed by atoms with Gasteiger partial charge in [0.15, 0.2) is 0 Å². The molecule has 0 saturated heterocycles. The van der Waals surface area contributed by atoms with Crippen molar-refractivity contribution < 1.29 is 14.4 Å². The Morgan fingerprint density at radius 2 is 1.77 bits per heavy atom. The Morgan fingerprint density at radius 1 is 1.05 bits per heavy atom. The number of fused-ring (bicyclic) bond motifs is 1. The van der Waals surface area contributed by atoms with Gasteiger partial charge in [0.25, 0.3) is 0 Å². The van der Waals surface area contributed by atoms with Crippen LogP contribution in [-0.2, 0) is 33.6 Å². The van der Waals surface area contributed by atoms with E-state index in [-0.39, 0.29) is 18.4 Å². The number of amides is 3. The molecule has 1 aliphatic carbocycles. The van der Waals surface area contributed by atoms with Crippen LogP contribution in [0.15, 0.2) is 18.2 Å². The van der Waals surface area contributed by atoms with Crippen molar-refractivity contribution in [2.24, 2.45) is 0 Å². The van der Waals surface area contributed by atoms with Gasteiger partial charge in [0, 0.05) is 6.04 Å². The Labute approximate surface area is 129 Å². The highest BCUT2D eigenvalue weighted by Gasteiger charge is 2.16. The van der Waals surface area contributed by atoms with Gasteiger partial charge in [-0.2, -0.15) is 0 Å². The SMILES string of the molecule is CC(C)NC(=O)C(=O)NNC(=O)Cc1ccc2c(c1)CCC2. The molecule has 3 N–H and O–H groups in total. The standard InChI is InChI=1S/C16H21N3O3/c1-10(2)17-15(21)16(22)19-18-14(20)9-11-6-7-12-4-3-5-13(12)8-11/h6-8,10H,3-5,9H2,1-2H3,(H,17,21)(H,18,20)(H,19,22). The first-order valence-corrected chi connectivity index (χ1v) is 7.46. The van der Waals surface area contributed by atoms with Gasteiger partial charge in [0.1, 0.15) is 0 Å². The van der Waals surface area contributed by atoms with E-state index in [9.17, 15) is 14.4 Å². The quantitative estimate of drug-likeness (QED) is 0.557. The summed E-state index contributed by atoms with van der Waals surface area (Å²) in [5, 5.41) is 2.44. The molecule has 0 saturated carbocycles. The number of hydrogen-bond acceptors (Lipinski definition) is 3. The number of hydrazine groups is 1. The van der Waals surface area contributed by atoms with Crippen molar-refractivity contribution in [1.82, 2.24) is 16.2 Å². The van der Waals surface area contributed by atoms with Gasteiger partial charge in [-0.05, 0) is 49.8 Å². The highest BCUT2D eigenvalue weighted by atomic mass is 16.2. The Balaban J connectivity index is 1.81. The molecule has 3 amide bonds. The van der Waals surface area contributed by atoms with Crippen LogP contribution in [0.4, 0.5) is 0 Å². The smallest absolute Gasteiger partial charge is 0.327 e. The predicted octanol–water partition coefficient (Wildman–Crippen LogP) is 0.390. The van der Waals surface area contributed by atoms with Crippen LogP contribution in [0.25, 0.3) is 0 Å². The summed E-state index contributed by atoms with van der Waals surface area (Å²) in [4.78, 5) is 34.6. The van der Waals surface area contributed by atoms with E-state index in [2.05, 4.69) is 22.2 Å². The molecule has 0 aromatic heterocycles. The molecular formula is C16H21N3O3. The molecule has 0 atom stereocenters. The summed E-state index contributed by atoms with van der Waals surface area (Å²) in [5.41, 5.74) is 7.91. The van der Waals surface area contributed by atoms with Crippen LogP contribution in [0.5, 0.6) is 0 Å². The summed E-state index contributed by atoms with van der Waals surface area (Å²) in [6, 6.07) is 5.88. The zero-order chi connectivity index (χ0) is 16.1. The fraction of sp³-hybridized carbons (Fsp3) is 0.438. The fourth-order valence-corrected chi connectivity index (χ4v) is 2.48. The maximum atomic E-state index is 11.8. The molecule has 0 radical (unpaired) electrons. The van der Waals surface area contributed by atoms with Gasteiger partial charge >= 0.3 is 11.8 Å². The molecule has 22 heavy (non-hydrogen) atoms. The van der Waals surface area contributed by atoms with Gasteiger partial charge in [0.2, 0.25) is 5.91 Å². The van der Waals surface area contributed by atoms with Crippen LogP contribution in [0.3, 0.4) is 0 Å². The lowest BCUT2D eigenvalue weighted by atomic mass is 10.0. The Bertz CT molecular complexity index is 596. The van der Waals surface area contributed by atoms with Crippen molar-refractivity contribution in [2.75, 3.05) is 0 Å². The van der Waals surface area contributed by atoms with Gasteiger partial charge in [-0.25, -0.2) is 0 Å². The summed E-state index contributed by atoms with van der Waals surface area (Å²) in [6.07, 6.45) is 3.48. The molecule has 6 heteroatoms. The zero-order valence-corrected chi connectivity index (χ0v) is 12.9. The number of aryl methyl sites for hydroxylation is 2. The normalized spacial score (nSPS) is 12.7. The first kappa shape index (κ1) is 16.0. The van der Waals surface area contributed by atoms with Gasteiger partial charge in [-0.15, -0.1) is 0 Å². The molecule has 0 fully saturated rings. The lowest BCUT2D eigenvalue weighted by Crippen LogP contribution is -2.50. The third-order valence-electron chi connectivity index (χ3n) is 3.47. The van der Waals surface area contributed by atoms with E-state index in [1.807, 2.05) is 12.1 Å². The molecule has 0 unspecified atom stereocenters. The van der Waals surface area contributed by atoms with E-state index >= 15 is 0 Å². The average molecular weight is 303 g/mol. The van der Waals surface area contributed by atoms with E-state index in [0.29, 0.717) is 0 Å². The van der Waals surface area contributed by atoms with Gasteiger partial charge in [0.05, 0.1) is 6.42 Å². The second-order valence-corrected chi connectivity index (χ2v) is 5.76. The summed E-state index contributed by atoms with van der Waals surface area (Å²) in [6.45, 7) is 3.50. The van der Waals surface area contributed by atoms with Gasteiger partial charge < -0.3 is 5.32 Å². The van der Waals surface area contributed by atoms with Crippen molar-refractivity contribution in [2.45, 2.75) is 45.6 Å². The second kappa shape index (κ2) is 7.06. The molecule has 1 aromatic carbocycles. The minimum absolute atomic E-state index is 0.139. The molecule has 0 heterocycles. The minimum Gasteiger partial charge on any atom is -0.346 e. The van der Waals surface area contributed by atoms with Crippen LogP contribution < -0.4 is 16.2 Å². The van der Waals surface area contributed by atoms with Crippen molar-refractivity contribution >= 4 is 17.7 Å². The van der Waals surface area contributed by atoms with Crippen LogP contribution in [-0.4, -0.2) is 23.8 Å². The number of rotatable bonds is 3. The largest absolute Gasteiger partial charge is 0.346 e. The molecular weight excluding hydrogens is 282 g/mol. The van der Waals surface area contributed by atoms with Crippen LogP contribution >= 0.6 is 0 Å². The van der Waals surface area contributed by atoms with E-state index in [1.54, 1.807) is 13.8 Å². The van der Waals surface area contributed by atoms with E-state index in [0.717, 1.165) is 24.8 Å². The molecule has 1 aromatic rings. The number of nitrogens with one attached hydrogen (secondary N) is 3. The highest BCUT2D eigenvalue weighted by molar-refractivity contribution is 6.35. The summed E-state index contributed by atoms with van der Waals surface area (Å²) in [7, 11) is 0. The summed E-state index contributed by atoms with van der Waals surface area (Å²) < 4.78 is 0. The average Bonchev–Trinajstić information content (AvgIpc) is 2.91. The molecule has 0 aliphatic heterocycles. The third-order valence-corrected chi connectivity index (χ3v) is 3.47. The summed E-state index contributed by atoms with van der Waals surface area (Å²) in [5.74, 6) is -2.01. The Morgan fingerprint density at radius 3 is 2.50 bits per heavy atom. The zero-order valence-electron chi connectivity index (χ0n) is 12.9. The van der Waals surface area contributed by atoms with E-state index < -0.39 is 11.8 Å². The van der Waals surface area contributed by atoms with E-state index in [4.69, 9.17) is 0 Å². The van der Waals surface area contributed by atoms with Gasteiger partial charge in [-0.1, -0.05) is 18.2 Å². The molecule has 2 rings (SSSR count). The van der Waals surface area contributed by atoms with Crippen molar-refractivity contribution in [3.05, 3.63) is 34.9 Å². The highest BCUT2D eigenvalue weighted by Crippen LogP contribution is 2.22. The second-order valence-electron chi connectivity index (χ2n) is 5.76. The van der Waals surface area contributed by atoms with Gasteiger partial charge in [-0.3, -0.25) is 25.2 Å². The maximum absolute atomic E-state index is 11.8. The molecule has 1 aliphatic rings. The molecule has 0 spiro atoms. The number of hydrogen-bond donors (Lipinski definition) is 3. The number of benzene rings is 1. The summed E-state index contributed by atoms with van der Waals surface area (Å²) >= 11 is 0. The van der Waals surface area contributed by atoms with Crippen LogP contribution in [0, 0.1) is 0 Å². The number of carbonyl (C=O) groups excluding carboxylic acids is 3. The van der Waals surface area contributed by atoms with Crippen molar-refractivity contribution in [3.8, 4) is 0 Å². The van der Waals surface area contributed by atoms with Crippen LogP contribution in [0.1, 0.15) is 37.0 Å². The third kappa shape index (κ3) is 4.31. The fourth-order valence-electron chi connectivity index (χ4n) is 2.48. The number of carbonyl (C=O) groups is 3. The first-order chi connectivity index (χ1) is 10.5. The lowest BCUT2D eigenvalue weighted by molar-refractivity contribution is -0.141. The topological polar surface area (TPSA) is 87.3 Å². The Kier molecular flexibility index (Phi) is 5.14. The van der Waals surface area contributed by atoms with Crippen molar-refractivity contribution in [3.63, 3.8) is 0 Å². The lowest BCUT2D eigenvalue weighted by Gasteiger charge is -2.10. The first-order valence-electron chi connectivity index (χ1n) is 7.46.